The van der Waals surface area contributed by atoms with Crippen LogP contribution in [0.15, 0.2) is 0 Å². The first-order valence-electron chi connectivity index (χ1n) is 6.30. The molecule has 3 N–H and O–H groups in total. The van der Waals surface area contributed by atoms with Gasteiger partial charge in [0.15, 0.2) is 0 Å². The second-order valence-corrected chi connectivity index (χ2v) is 5.76. The second-order valence-electron chi connectivity index (χ2n) is 4.85. The molecule has 18 heavy (non-hydrogen) atoms. The highest BCUT2D eigenvalue weighted by molar-refractivity contribution is 7.98. The second kappa shape index (κ2) is 7.51. The van der Waals surface area contributed by atoms with Gasteiger partial charge in [-0.1, -0.05) is 6.42 Å². The van der Waals surface area contributed by atoms with Gasteiger partial charge in [-0.25, -0.2) is 4.79 Å². The number of urea groups is 1. The highest BCUT2D eigenvalue weighted by Gasteiger charge is 2.32. The lowest BCUT2D eigenvalue weighted by Gasteiger charge is -2.18. The van der Waals surface area contributed by atoms with Gasteiger partial charge in [0, 0.05) is 18.3 Å². The molecule has 0 radical (unpaired) electrons. The molecule has 0 aromatic rings. The standard InChI is InChI=1S/C12H22N2O3S/c1-8(7-18-2)14-12(17)13-6-9-4-3-5-10(9)11(15)16/h8-10H,3-7H2,1-2H3,(H,15,16)(H2,13,14,17). The first kappa shape index (κ1) is 15.1. The first-order valence-corrected chi connectivity index (χ1v) is 7.70. The third-order valence-corrected chi connectivity index (χ3v) is 4.13. The molecular formula is C12H22N2O3S. The molecular weight excluding hydrogens is 252 g/mol. The highest BCUT2D eigenvalue weighted by Crippen LogP contribution is 2.31. The Balaban J connectivity index is 2.27. The summed E-state index contributed by atoms with van der Waals surface area (Å²) in [5.41, 5.74) is 0. The summed E-state index contributed by atoms with van der Waals surface area (Å²) < 4.78 is 0. The molecule has 0 aromatic carbocycles. The van der Waals surface area contributed by atoms with Crippen LogP contribution in [-0.2, 0) is 4.79 Å². The fourth-order valence-electron chi connectivity index (χ4n) is 2.40. The molecule has 0 aliphatic heterocycles. The predicted octanol–water partition coefficient (Wildman–Crippen LogP) is 1.54. The minimum absolute atomic E-state index is 0.0732. The van der Waals surface area contributed by atoms with Crippen molar-refractivity contribution in [2.75, 3.05) is 18.6 Å². The zero-order chi connectivity index (χ0) is 13.5. The molecule has 1 aliphatic rings. The van der Waals surface area contributed by atoms with Crippen LogP contribution in [0.3, 0.4) is 0 Å². The molecule has 0 aromatic heterocycles. The third kappa shape index (κ3) is 4.76. The maximum absolute atomic E-state index is 11.6. The van der Waals surface area contributed by atoms with Crippen molar-refractivity contribution >= 4 is 23.8 Å². The van der Waals surface area contributed by atoms with Crippen LogP contribution < -0.4 is 10.6 Å². The van der Waals surface area contributed by atoms with Crippen molar-refractivity contribution in [3.05, 3.63) is 0 Å². The lowest BCUT2D eigenvalue weighted by molar-refractivity contribution is -0.142. The van der Waals surface area contributed by atoms with Crippen molar-refractivity contribution in [2.24, 2.45) is 11.8 Å². The number of amides is 2. The summed E-state index contributed by atoms with van der Waals surface area (Å²) in [5, 5.41) is 14.6. The van der Waals surface area contributed by atoms with Gasteiger partial charge in [-0.05, 0) is 31.9 Å². The van der Waals surface area contributed by atoms with E-state index < -0.39 is 5.97 Å². The van der Waals surface area contributed by atoms with Crippen LogP contribution in [0.2, 0.25) is 0 Å². The molecule has 0 heterocycles. The highest BCUT2D eigenvalue weighted by atomic mass is 32.2. The number of carbonyl (C=O) groups is 2. The minimum atomic E-state index is -0.740. The van der Waals surface area contributed by atoms with Crippen LogP contribution in [0.5, 0.6) is 0 Å². The normalized spacial score (nSPS) is 24.6. The van der Waals surface area contributed by atoms with Gasteiger partial charge in [-0.2, -0.15) is 11.8 Å². The maximum Gasteiger partial charge on any atom is 0.315 e. The molecule has 2 amide bonds. The molecule has 1 rings (SSSR count). The summed E-state index contributed by atoms with van der Waals surface area (Å²) in [4.78, 5) is 22.6. The molecule has 104 valence electrons. The van der Waals surface area contributed by atoms with Crippen LogP contribution in [0.4, 0.5) is 4.79 Å². The van der Waals surface area contributed by atoms with Gasteiger partial charge in [-0.15, -0.1) is 0 Å². The van der Waals surface area contributed by atoms with Crippen molar-refractivity contribution in [1.29, 1.82) is 0 Å². The fraction of sp³-hybridized carbons (Fsp3) is 0.833. The number of carboxylic acids is 1. The van der Waals surface area contributed by atoms with Crippen molar-refractivity contribution in [3.8, 4) is 0 Å². The summed E-state index contributed by atoms with van der Waals surface area (Å²) in [7, 11) is 0. The Morgan fingerprint density at radius 3 is 2.78 bits per heavy atom. The molecule has 1 saturated carbocycles. The molecule has 1 fully saturated rings. The number of hydrogen-bond donors (Lipinski definition) is 3. The van der Waals surface area contributed by atoms with Crippen molar-refractivity contribution < 1.29 is 14.7 Å². The fourth-order valence-corrected chi connectivity index (χ4v) is 2.98. The zero-order valence-corrected chi connectivity index (χ0v) is 11.8. The van der Waals surface area contributed by atoms with Crippen LogP contribution in [0.25, 0.3) is 0 Å². The zero-order valence-electron chi connectivity index (χ0n) is 10.9. The number of nitrogens with one attached hydrogen (secondary N) is 2. The Hall–Kier alpha value is -0.910. The van der Waals surface area contributed by atoms with Crippen molar-refractivity contribution in [2.45, 2.75) is 32.2 Å². The SMILES string of the molecule is CSCC(C)NC(=O)NCC1CCCC1C(=O)O. The van der Waals surface area contributed by atoms with E-state index in [4.69, 9.17) is 5.11 Å². The van der Waals surface area contributed by atoms with E-state index in [1.165, 1.54) is 0 Å². The molecule has 3 atom stereocenters. The molecule has 0 saturated heterocycles. The molecule has 6 heteroatoms. The molecule has 0 bridgehead atoms. The Kier molecular flexibility index (Phi) is 6.32. The molecule has 0 spiro atoms. The Morgan fingerprint density at radius 1 is 1.44 bits per heavy atom. The van der Waals surface area contributed by atoms with E-state index in [2.05, 4.69) is 10.6 Å². The molecule has 1 aliphatic carbocycles. The van der Waals surface area contributed by atoms with Crippen LogP contribution in [0, 0.1) is 11.8 Å². The summed E-state index contributed by atoms with van der Waals surface area (Å²) in [6, 6.07) is -0.0774. The predicted molar refractivity (Wildman–Crippen MR) is 72.8 cm³/mol. The number of aliphatic carboxylic acids is 1. The van der Waals surface area contributed by atoms with Gasteiger partial charge >= 0.3 is 12.0 Å². The average molecular weight is 274 g/mol. The van der Waals surface area contributed by atoms with E-state index in [-0.39, 0.29) is 23.9 Å². The number of carboxylic acid groups (broad SMARTS) is 1. The molecule has 3 unspecified atom stereocenters. The van der Waals surface area contributed by atoms with Gasteiger partial charge in [0.05, 0.1) is 5.92 Å². The summed E-state index contributed by atoms with van der Waals surface area (Å²) >= 11 is 1.68. The van der Waals surface area contributed by atoms with Gasteiger partial charge in [-0.3, -0.25) is 4.79 Å². The number of hydrogen-bond acceptors (Lipinski definition) is 3. The summed E-state index contributed by atoms with van der Waals surface area (Å²) in [5.74, 6) is -0.0947. The van der Waals surface area contributed by atoms with Crippen molar-refractivity contribution in [1.82, 2.24) is 10.6 Å². The van der Waals surface area contributed by atoms with Gasteiger partial charge in [0.25, 0.3) is 0 Å². The third-order valence-electron chi connectivity index (χ3n) is 3.30. The Labute approximate surface area is 112 Å². The van der Waals surface area contributed by atoms with Crippen molar-refractivity contribution in [3.63, 3.8) is 0 Å². The lowest BCUT2D eigenvalue weighted by Crippen LogP contribution is -2.44. The van der Waals surface area contributed by atoms with Gasteiger partial charge in [0.2, 0.25) is 0 Å². The van der Waals surface area contributed by atoms with E-state index in [1.807, 2.05) is 13.2 Å². The summed E-state index contributed by atoms with van der Waals surface area (Å²) in [6.45, 7) is 2.40. The largest absolute Gasteiger partial charge is 0.481 e. The van der Waals surface area contributed by atoms with E-state index in [9.17, 15) is 9.59 Å². The van der Waals surface area contributed by atoms with Crippen LogP contribution >= 0.6 is 11.8 Å². The summed E-state index contributed by atoms with van der Waals surface area (Å²) in [6.07, 6.45) is 4.55. The topological polar surface area (TPSA) is 78.4 Å². The number of rotatable bonds is 6. The van der Waals surface area contributed by atoms with Crippen LogP contribution in [-0.4, -0.2) is 41.7 Å². The average Bonchev–Trinajstić information content (AvgIpc) is 2.74. The minimum Gasteiger partial charge on any atom is -0.481 e. The Bertz CT molecular complexity index is 299. The smallest absolute Gasteiger partial charge is 0.315 e. The lowest BCUT2D eigenvalue weighted by atomic mass is 9.96. The van der Waals surface area contributed by atoms with E-state index in [0.717, 1.165) is 25.0 Å². The number of thioether (sulfide) groups is 1. The van der Waals surface area contributed by atoms with E-state index >= 15 is 0 Å². The maximum atomic E-state index is 11.6. The van der Waals surface area contributed by atoms with E-state index in [1.54, 1.807) is 11.8 Å². The van der Waals surface area contributed by atoms with Crippen LogP contribution in [0.1, 0.15) is 26.2 Å². The number of carbonyl (C=O) groups excluding carboxylic acids is 1. The Morgan fingerprint density at radius 2 is 2.17 bits per heavy atom. The molecule has 5 nitrogen and oxygen atoms in total. The van der Waals surface area contributed by atoms with Gasteiger partial charge in [0.1, 0.15) is 0 Å². The first-order chi connectivity index (χ1) is 8.54. The quantitative estimate of drug-likeness (QED) is 0.686. The monoisotopic (exact) mass is 274 g/mol. The van der Waals surface area contributed by atoms with Gasteiger partial charge < -0.3 is 15.7 Å². The van der Waals surface area contributed by atoms with E-state index in [0.29, 0.717) is 6.54 Å².